The van der Waals surface area contributed by atoms with E-state index in [4.69, 9.17) is 9.47 Å². The molecule has 0 saturated heterocycles. The quantitative estimate of drug-likeness (QED) is 0.549. The Kier molecular flexibility index (Phi) is 7.90. The Morgan fingerprint density at radius 2 is 1.96 bits per heavy atom. The SMILES string of the molecule is CCOC(=O)/C=C/CC(C)(C)NC(=O)/C=C/c1cc(C)c(O)c(OC)c1. The number of phenols is 1. The molecule has 142 valence electrons. The van der Waals surface area contributed by atoms with Gasteiger partial charge in [0.1, 0.15) is 0 Å². The number of hydrogen-bond donors (Lipinski definition) is 2. The number of carbonyl (C=O) groups excluding carboxylic acids is 2. The van der Waals surface area contributed by atoms with E-state index in [-0.39, 0.29) is 11.7 Å². The molecule has 0 aliphatic carbocycles. The molecule has 0 fully saturated rings. The Morgan fingerprint density at radius 1 is 1.27 bits per heavy atom. The van der Waals surface area contributed by atoms with Crippen LogP contribution in [-0.4, -0.2) is 36.2 Å². The van der Waals surface area contributed by atoms with E-state index < -0.39 is 11.5 Å². The van der Waals surface area contributed by atoms with Gasteiger partial charge in [-0.15, -0.1) is 0 Å². The van der Waals surface area contributed by atoms with Crippen LogP contribution >= 0.6 is 0 Å². The van der Waals surface area contributed by atoms with Crippen LogP contribution in [0.2, 0.25) is 0 Å². The molecule has 1 aromatic rings. The summed E-state index contributed by atoms with van der Waals surface area (Å²) in [7, 11) is 1.47. The summed E-state index contributed by atoms with van der Waals surface area (Å²) in [4.78, 5) is 23.4. The number of carbonyl (C=O) groups is 2. The molecule has 0 unspecified atom stereocenters. The van der Waals surface area contributed by atoms with Crippen molar-refractivity contribution in [2.75, 3.05) is 13.7 Å². The summed E-state index contributed by atoms with van der Waals surface area (Å²) in [6.45, 7) is 7.56. The van der Waals surface area contributed by atoms with Crippen molar-refractivity contribution in [3.05, 3.63) is 41.5 Å². The first kappa shape index (κ1) is 21.3. The Hall–Kier alpha value is -2.76. The van der Waals surface area contributed by atoms with Crippen LogP contribution < -0.4 is 10.1 Å². The summed E-state index contributed by atoms with van der Waals surface area (Å²) in [5.74, 6) is -0.214. The summed E-state index contributed by atoms with van der Waals surface area (Å²) in [5, 5.41) is 12.7. The lowest BCUT2D eigenvalue weighted by Gasteiger charge is -2.23. The number of esters is 1. The number of nitrogens with one attached hydrogen (secondary N) is 1. The van der Waals surface area contributed by atoms with Crippen LogP contribution in [0.5, 0.6) is 11.5 Å². The van der Waals surface area contributed by atoms with Crippen LogP contribution in [-0.2, 0) is 14.3 Å². The van der Waals surface area contributed by atoms with Gasteiger partial charge >= 0.3 is 5.97 Å². The molecule has 0 radical (unpaired) electrons. The molecule has 1 rings (SSSR count). The first-order valence-electron chi connectivity index (χ1n) is 8.39. The van der Waals surface area contributed by atoms with Crippen LogP contribution in [0.1, 0.15) is 38.3 Å². The van der Waals surface area contributed by atoms with Crippen LogP contribution in [0.4, 0.5) is 0 Å². The number of aromatic hydroxyl groups is 1. The van der Waals surface area contributed by atoms with Crippen molar-refractivity contribution in [3.63, 3.8) is 0 Å². The topological polar surface area (TPSA) is 84.9 Å². The van der Waals surface area contributed by atoms with E-state index in [0.29, 0.717) is 24.3 Å². The molecule has 1 aromatic carbocycles. The van der Waals surface area contributed by atoms with E-state index in [1.807, 2.05) is 13.8 Å². The van der Waals surface area contributed by atoms with E-state index in [0.717, 1.165) is 5.56 Å². The van der Waals surface area contributed by atoms with Gasteiger partial charge in [0.15, 0.2) is 11.5 Å². The lowest BCUT2D eigenvalue weighted by Crippen LogP contribution is -2.42. The number of aryl methyl sites for hydroxylation is 1. The van der Waals surface area contributed by atoms with E-state index in [1.54, 1.807) is 38.1 Å². The molecular weight excluding hydrogens is 334 g/mol. The van der Waals surface area contributed by atoms with E-state index in [9.17, 15) is 14.7 Å². The zero-order valence-corrected chi connectivity index (χ0v) is 16.0. The number of phenolic OH excluding ortho intramolecular Hbond substituents is 1. The number of methoxy groups -OCH3 is 1. The minimum Gasteiger partial charge on any atom is -0.504 e. The fourth-order valence-electron chi connectivity index (χ4n) is 2.26. The number of benzene rings is 1. The van der Waals surface area contributed by atoms with Gasteiger partial charge in [0.05, 0.1) is 13.7 Å². The number of rotatable bonds is 8. The predicted molar refractivity (Wildman–Crippen MR) is 101 cm³/mol. The third-order valence-electron chi connectivity index (χ3n) is 3.57. The average molecular weight is 361 g/mol. The van der Waals surface area contributed by atoms with Crippen LogP contribution in [0.3, 0.4) is 0 Å². The lowest BCUT2D eigenvalue weighted by atomic mass is 10.00. The molecule has 2 N–H and O–H groups in total. The van der Waals surface area contributed by atoms with Crippen LogP contribution in [0.15, 0.2) is 30.4 Å². The third-order valence-corrected chi connectivity index (χ3v) is 3.57. The molecule has 1 amide bonds. The molecule has 0 spiro atoms. The van der Waals surface area contributed by atoms with Crippen molar-refractivity contribution in [1.29, 1.82) is 0 Å². The summed E-state index contributed by atoms with van der Waals surface area (Å²) in [6.07, 6.45) is 6.59. The highest BCUT2D eigenvalue weighted by molar-refractivity contribution is 5.92. The largest absolute Gasteiger partial charge is 0.504 e. The normalized spacial score (nSPS) is 11.7. The summed E-state index contributed by atoms with van der Waals surface area (Å²) >= 11 is 0. The highest BCUT2D eigenvalue weighted by atomic mass is 16.5. The summed E-state index contributed by atoms with van der Waals surface area (Å²) in [5.41, 5.74) is 0.883. The van der Waals surface area contributed by atoms with Crippen molar-refractivity contribution in [2.45, 2.75) is 39.7 Å². The summed E-state index contributed by atoms with van der Waals surface area (Å²) in [6, 6.07) is 3.41. The van der Waals surface area contributed by atoms with Crippen LogP contribution in [0, 0.1) is 6.92 Å². The van der Waals surface area contributed by atoms with Crippen molar-refractivity contribution in [2.24, 2.45) is 0 Å². The average Bonchev–Trinajstić information content (AvgIpc) is 2.55. The molecule has 0 bridgehead atoms. The first-order valence-corrected chi connectivity index (χ1v) is 8.39. The van der Waals surface area contributed by atoms with Gasteiger partial charge in [0.25, 0.3) is 0 Å². The second-order valence-electron chi connectivity index (χ2n) is 6.45. The van der Waals surface area contributed by atoms with Crippen molar-refractivity contribution < 1.29 is 24.2 Å². The van der Waals surface area contributed by atoms with Gasteiger partial charge in [-0.1, -0.05) is 6.08 Å². The molecule has 6 heteroatoms. The minimum atomic E-state index is -0.521. The van der Waals surface area contributed by atoms with Gasteiger partial charge in [-0.3, -0.25) is 4.79 Å². The second kappa shape index (κ2) is 9.65. The molecule has 0 aliphatic heterocycles. The van der Waals surface area contributed by atoms with Gasteiger partial charge in [0, 0.05) is 17.7 Å². The zero-order chi connectivity index (χ0) is 19.7. The van der Waals surface area contributed by atoms with E-state index >= 15 is 0 Å². The van der Waals surface area contributed by atoms with Crippen molar-refractivity contribution in [1.82, 2.24) is 5.32 Å². The maximum Gasteiger partial charge on any atom is 0.330 e. The summed E-state index contributed by atoms with van der Waals surface area (Å²) < 4.78 is 9.91. The first-order chi connectivity index (χ1) is 12.2. The fourth-order valence-corrected chi connectivity index (χ4v) is 2.26. The molecule has 0 aliphatic rings. The Labute approximate surface area is 154 Å². The van der Waals surface area contributed by atoms with E-state index in [2.05, 4.69) is 5.32 Å². The maximum atomic E-state index is 12.1. The Bertz CT molecular complexity index is 704. The number of hydrogen-bond acceptors (Lipinski definition) is 5. The van der Waals surface area contributed by atoms with Gasteiger partial charge in [-0.2, -0.15) is 0 Å². The third kappa shape index (κ3) is 7.01. The van der Waals surface area contributed by atoms with Gasteiger partial charge < -0.3 is 19.9 Å². The fraction of sp³-hybridized carbons (Fsp3) is 0.400. The van der Waals surface area contributed by atoms with Crippen molar-refractivity contribution >= 4 is 18.0 Å². The monoisotopic (exact) mass is 361 g/mol. The van der Waals surface area contributed by atoms with Crippen molar-refractivity contribution in [3.8, 4) is 11.5 Å². The van der Waals surface area contributed by atoms with Crippen LogP contribution in [0.25, 0.3) is 6.08 Å². The maximum absolute atomic E-state index is 12.1. The molecule has 6 nitrogen and oxygen atoms in total. The highest BCUT2D eigenvalue weighted by Gasteiger charge is 2.17. The number of ether oxygens (including phenoxy) is 2. The van der Waals surface area contributed by atoms with Gasteiger partial charge in [0.2, 0.25) is 5.91 Å². The molecule has 0 aromatic heterocycles. The smallest absolute Gasteiger partial charge is 0.330 e. The Balaban J connectivity index is 2.68. The highest BCUT2D eigenvalue weighted by Crippen LogP contribution is 2.31. The van der Waals surface area contributed by atoms with Gasteiger partial charge in [-0.25, -0.2) is 4.79 Å². The standard InChI is InChI=1S/C20H27NO5/c1-6-26-18(23)8-7-11-20(3,4)21-17(22)10-9-15-12-14(2)19(24)16(13-15)25-5/h7-10,12-13,24H,6,11H2,1-5H3,(H,21,22)/b8-7+,10-9+. The predicted octanol–water partition coefficient (Wildman–Crippen LogP) is 3.13. The zero-order valence-electron chi connectivity index (χ0n) is 16.0. The number of amides is 1. The molecule has 0 atom stereocenters. The molecule has 26 heavy (non-hydrogen) atoms. The molecule has 0 heterocycles. The second-order valence-corrected chi connectivity index (χ2v) is 6.45. The van der Waals surface area contributed by atoms with E-state index in [1.165, 1.54) is 19.3 Å². The van der Waals surface area contributed by atoms with Gasteiger partial charge in [-0.05, 0) is 63.5 Å². The lowest BCUT2D eigenvalue weighted by molar-refractivity contribution is -0.137. The minimum absolute atomic E-state index is 0.0867. The Morgan fingerprint density at radius 3 is 2.58 bits per heavy atom. The molecule has 0 saturated carbocycles. The molecular formula is C20H27NO5.